The predicted molar refractivity (Wildman–Crippen MR) is 63.0 cm³/mol. The van der Waals surface area contributed by atoms with Crippen molar-refractivity contribution in [2.24, 2.45) is 12.8 Å². The molecule has 0 bridgehead atoms. The Bertz CT molecular complexity index is 470. The van der Waals surface area contributed by atoms with Gasteiger partial charge in [0.15, 0.2) is 0 Å². The van der Waals surface area contributed by atoms with Gasteiger partial charge < -0.3 is 5.73 Å². The smallest absolute Gasteiger partial charge is 0.0733 e. The molecule has 0 aliphatic rings. The Morgan fingerprint density at radius 3 is 2.67 bits per heavy atom. The van der Waals surface area contributed by atoms with E-state index in [2.05, 4.69) is 23.5 Å². The van der Waals surface area contributed by atoms with Gasteiger partial charge in [-0.3, -0.25) is 4.68 Å². The first-order chi connectivity index (χ1) is 7.09. The van der Waals surface area contributed by atoms with E-state index in [1.807, 2.05) is 24.7 Å². The molecule has 0 spiro atoms. The van der Waals surface area contributed by atoms with E-state index in [9.17, 15) is 0 Å². The highest BCUT2D eigenvalue weighted by Crippen LogP contribution is 2.26. The van der Waals surface area contributed by atoms with Crippen LogP contribution in [-0.2, 0) is 7.05 Å². The summed E-state index contributed by atoms with van der Waals surface area (Å²) in [5, 5.41) is 6.39. The van der Waals surface area contributed by atoms with Gasteiger partial charge in [-0.25, -0.2) is 0 Å². The second-order valence-electron chi connectivity index (χ2n) is 3.74. The van der Waals surface area contributed by atoms with Gasteiger partial charge in [0, 0.05) is 11.9 Å². The molecule has 0 aromatic carbocycles. The zero-order valence-corrected chi connectivity index (χ0v) is 10.0. The van der Waals surface area contributed by atoms with E-state index < -0.39 is 0 Å². The zero-order valence-electron chi connectivity index (χ0n) is 9.19. The fraction of sp³-hybridized carbons (Fsp3) is 0.364. The number of thiophene rings is 1. The van der Waals surface area contributed by atoms with Gasteiger partial charge in [-0.2, -0.15) is 5.10 Å². The highest BCUT2D eigenvalue weighted by molar-refractivity contribution is 7.10. The van der Waals surface area contributed by atoms with E-state index in [-0.39, 0.29) is 6.04 Å². The van der Waals surface area contributed by atoms with Crippen LogP contribution >= 0.6 is 11.3 Å². The number of nitrogens with two attached hydrogens (primary N) is 1. The molecule has 4 heteroatoms. The van der Waals surface area contributed by atoms with Gasteiger partial charge in [0.05, 0.1) is 17.4 Å². The van der Waals surface area contributed by atoms with Gasteiger partial charge in [-0.15, -0.1) is 11.3 Å². The number of aromatic nitrogens is 2. The second-order valence-corrected chi connectivity index (χ2v) is 4.86. The molecule has 0 aliphatic carbocycles. The summed E-state index contributed by atoms with van der Waals surface area (Å²) in [6.07, 6.45) is 0. The van der Waals surface area contributed by atoms with Crippen LogP contribution in [0.3, 0.4) is 0 Å². The van der Waals surface area contributed by atoms with Crippen molar-refractivity contribution in [1.82, 2.24) is 9.78 Å². The first kappa shape index (κ1) is 10.4. The molecular weight excluding hydrogens is 206 g/mol. The molecule has 1 atom stereocenters. The Balaban J connectivity index is 2.40. The monoisotopic (exact) mass is 221 g/mol. The van der Waals surface area contributed by atoms with Gasteiger partial charge in [-0.05, 0) is 36.9 Å². The number of rotatable bonds is 2. The van der Waals surface area contributed by atoms with Crippen molar-refractivity contribution in [2.75, 3.05) is 0 Å². The number of aryl methyl sites for hydroxylation is 3. The summed E-state index contributed by atoms with van der Waals surface area (Å²) < 4.78 is 1.86. The highest BCUT2D eigenvalue weighted by Gasteiger charge is 2.16. The Labute approximate surface area is 93.5 Å². The lowest BCUT2D eigenvalue weighted by molar-refractivity contribution is 0.669. The van der Waals surface area contributed by atoms with Gasteiger partial charge in [-0.1, -0.05) is 0 Å². The molecule has 0 radical (unpaired) electrons. The molecule has 2 heterocycles. The van der Waals surface area contributed by atoms with E-state index in [0.29, 0.717) is 0 Å². The third-order valence-electron chi connectivity index (χ3n) is 2.59. The largest absolute Gasteiger partial charge is 0.319 e. The Kier molecular flexibility index (Phi) is 2.63. The van der Waals surface area contributed by atoms with Crippen LogP contribution in [0.4, 0.5) is 0 Å². The SMILES string of the molecule is Cc1cc(C(N)c2ccsc2C)n(C)n1. The van der Waals surface area contributed by atoms with Crippen LogP contribution in [0.2, 0.25) is 0 Å². The van der Waals surface area contributed by atoms with Crippen LogP contribution < -0.4 is 5.73 Å². The maximum atomic E-state index is 6.22. The lowest BCUT2D eigenvalue weighted by Crippen LogP contribution is -2.15. The van der Waals surface area contributed by atoms with Gasteiger partial charge >= 0.3 is 0 Å². The third-order valence-corrected chi connectivity index (χ3v) is 3.45. The Morgan fingerprint density at radius 2 is 2.20 bits per heavy atom. The van der Waals surface area contributed by atoms with Crippen LogP contribution in [-0.4, -0.2) is 9.78 Å². The normalized spacial score (nSPS) is 13.1. The summed E-state index contributed by atoms with van der Waals surface area (Å²) in [7, 11) is 1.93. The summed E-state index contributed by atoms with van der Waals surface area (Å²) >= 11 is 1.73. The van der Waals surface area contributed by atoms with Crippen LogP contribution in [0.25, 0.3) is 0 Å². The Hall–Kier alpha value is -1.13. The predicted octanol–water partition coefficient (Wildman–Crippen LogP) is 2.15. The summed E-state index contributed by atoms with van der Waals surface area (Å²) in [5.74, 6) is 0. The molecule has 3 nitrogen and oxygen atoms in total. The minimum atomic E-state index is -0.0672. The molecule has 2 aromatic heterocycles. The first-order valence-corrected chi connectivity index (χ1v) is 5.77. The topological polar surface area (TPSA) is 43.8 Å². The number of hydrogen-bond donors (Lipinski definition) is 1. The fourth-order valence-corrected chi connectivity index (χ4v) is 2.55. The maximum absolute atomic E-state index is 6.22. The van der Waals surface area contributed by atoms with E-state index in [1.54, 1.807) is 11.3 Å². The lowest BCUT2D eigenvalue weighted by Gasteiger charge is -2.11. The molecule has 0 saturated carbocycles. The quantitative estimate of drug-likeness (QED) is 0.844. The van der Waals surface area contributed by atoms with Crippen molar-refractivity contribution < 1.29 is 0 Å². The molecule has 15 heavy (non-hydrogen) atoms. The molecule has 2 aromatic rings. The maximum Gasteiger partial charge on any atom is 0.0733 e. The molecule has 2 N–H and O–H groups in total. The number of nitrogens with zero attached hydrogens (tertiary/aromatic N) is 2. The van der Waals surface area contributed by atoms with E-state index in [1.165, 1.54) is 10.4 Å². The summed E-state index contributed by atoms with van der Waals surface area (Å²) in [4.78, 5) is 1.28. The molecule has 0 aliphatic heterocycles. The number of hydrogen-bond acceptors (Lipinski definition) is 3. The van der Waals surface area contributed by atoms with E-state index in [0.717, 1.165) is 11.4 Å². The van der Waals surface area contributed by atoms with Gasteiger partial charge in [0.2, 0.25) is 0 Å². The summed E-state index contributed by atoms with van der Waals surface area (Å²) in [6.45, 7) is 4.08. The standard InChI is InChI=1S/C11H15N3S/c1-7-6-10(14(3)13-7)11(12)9-4-5-15-8(9)2/h4-6,11H,12H2,1-3H3. The second kappa shape index (κ2) is 3.79. The van der Waals surface area contributed by atoms with Crippen LogP contribution in [0.1, 0.15) is 27.9 Å². The molecule has 0 saturated heterocycles. The van der Waals surface area contributed by atoms with Crippen molar-refractivity contribution in [1.29, 1.82) is 0 Å². The van der Waals surface area contributed by atoms with Crippen molar-refractivity contribution in [2.45, 2.75) is 19.9 Å². The summed E-state index contributed by atoms with van der Waals surface area (Å²) in [6, 6.07) is 4.07. The van der Waals surface area contributed by atoms with Crippen LogP contribution in [0, 0.1) is 13.8 Å². The van der Waals surface area contributed by atoms with E-state index in [4.69, 9.17) is 5.73 Å². The van der Waals surface area contributed by atoms with Crippen molar-refractivity contribution in [3.05, 3.63) is 39.3 Å². The minimum absolute atomic E-state index is 0.0672. The first-order valence-electron chi connectivity index (χ1n) is 4.89. The fourth-order valence-electron chi connectivity index (χ4n) is 1.80. The Morgan fingerprint density at radius 1 is 1.47 bits per heavy atom. The molecule has 80 valence electrons. The van der Waals surface area contributed by atoms with Crippen LogP contribution in [0.15, 0.2) is 17.5 Å². The van der Waals surface area contributed by atoms with Gasteiger partial charge in [0.1, 0.15) is 0 Å². The molecule has 2 rings (SSSR count). The molecule has 0 fully saturated rings. The zero-order chi connectivity index (χ0) is 11.0. The molecule has 0 amide bonds. The third kappa shape index (κ3) is 1.82. The molecule has 1 unspecified atom stereocenters. The van der Waals surface area contributed by atoms with Crippen molar-refractivity contribution in [3.8, 4) is 0 Å². The minimum Gasteiger partial charge on any atom is -0.319 e. The van der Waals surface area contributed by atoms with Crippen LogP contribution in [0.5, 0.6) is 0 Å². The average molecular weight is 221 g/mol. The summed E-state index contributed by atoms with van der Waals surface area (Å²) in [5.41, 5.74) is 9.49. The van der Waals surface area contributed by atoms with E-state index >= 15 is 0 Å². The average Bonchev–Trinajstić information content (AvgIpc) is 2.71. The van der Waals surface area contributed by atoms with Gasteiger partial charge in [0.25, 0.3) is 0 Å². The highest BCUT2D eigenvalue weighted by atomic mass is 32.1. The van der Waals surface area contributed by atoms with Crippen molar-refractivity contribution in [3.63, 3.8) is 0 Å². The lowest BCUT2D eigenvalue weighted by atomic mass is 10.1. The molecular formula is C11H15N3S. The van der Waals surface area contributed by atoms with Crippen molar-refractivity contribution >= 4 is 11.3 Å².